The molecule has 1 N–H and O–H groups in total. The summed E-state index contributed by atoms with van der Waals surface area (Å²) in [5, 5.41) is 12.4. The summed E-state index contributed by atoms with van der Waals surface area (Å²) < 4.78 is 0. The summed E-state index contributed by atoms with van der Waals surface area (Å²) in [5.74, 6) is 0. The molecule has 2 nitrogen and oxygen atoms in total. The lowest BCUT2D eigenvalue weighted by molar-refractivity contribution is 0.0347. The Morgan fingerprint density at radius 2 is 1.87 bits per heavy atom. The van der Waals surface area contributed by atoms with Gasteiger partial charge in [-0.1, -0.05) is 20.8 Å². The van der Waals surface area contributed by atoms with Crippen LogP contribution in [0.5, 0.6) is 0 Å². The summed E-state index contributed by atoms with van der Waals surface area (Å²) in [6, 6.07) is 3.06. The summed E-state index contributed by atoms with van der Waals surface area (Å²) in [6.07, 6.45) is 5.53. The van der Waals surface area contributed by atoms with Gasteiger partial charge < -0.3 is 5.32 Å². The third-order valence-corrected chi connectivity index (χ3v) is 4.36. The van der Waals surface area contributed by atoms with Gasteiger partial charge in [-0.25, -0.2) is 0 Å². The monoisotopic (exact) mass is 208 g/mol. The van der Waals surface area contributed by atoms with Crippen LogP contribution in [0.2, 0.25) is 0 Å². The van der Waals surface area contributed by atoms with E-state index in [9.17, 15) is 0 Å². The molecular formula is C13H24N2. The van der Waals surface area contributed by atoms with Crippen LogP contribution >= 0.6 is 0 Å². The molecule has 0 aliphatic heterocycles. The van der Waals surface area contributed by atoms with Crippen LogP contribution in [0, 0.1) is 22.2 Å². The second kappa shape index (κ2) is 4.53. The Bertz CT molecular complexity index is 236. The van der Waals surface area contributed by atoms with Gasteiger partial charge >= 0.3 is 0 Å². The zero-order valence-corrected chi connectivity index (χ0v) is 10.6. The molecule has 0 spiro atoms. The van der Waals surface area contributed by atoms with Crippen molar-refractivity contribution >= 4 is 0 Å². The number of hydrogen-bond donors (Lipinski definition) is 1. The Labute approximate surface area is 94.1 Å². The summed E-state index contributed by atoms with van der Waals surface area (Å²) in [6.45, 7) is 6.85. The molecule has 0 atom stereocenters. The van der Waals surface area contributed by atoms with E-state index in [0.29, 0.717) is 12.5 Å². The molecule has 86 valence electrons. The van der Waals surface area contributed by atoms with Crippen LogP contribution < -0.4 is 5.32 Å². The molecule has 0 radical (unpaired) electrons. The first-order valence-electron chi connectivity index (χ1n) is 5.99. The van der Waals surface area contributed by atoms with E-state index < -0.39 is 0 Å². The molecule has 0 aromatic heterocycles. The molecule has 0 unspecified atom stereocenters. The van der Waals surface area contributed by atoms with Gasteiger partial charge in [0.1, 0.15) is 0 Å². The fourth-order valence-corrected chi connectivity index (χ4v) is 2.80. The molecule has 1 rings (SSSR count). The minimum Gasteiger partial charge on any atom is -0.317 e. The van der Waals surface area contributed by atoms with Gasteiger partial charge in [0.2, 0.25) is 0 Å². The molecule has 15 heavy (non-hydrogen) atoms. The van der Waals surface area contributed by atoms with Crippen molar-refractivity contribution in [3.05, 3.63) is 0 Å². The summed E-state index contributed by atoms with van der Waals surface area (Å²) in [7, 11) is 2.04. The van der Waals surface area contributed by atoms with Crippen molar-refractivity contribution in [3.63, 3.8) is 0 Å². The fourth-order valence-electron chi connectivity index (χ4n) is 2.80. The highest BCUT2D eigenvalue weighted by Crippen LogP contribution is 2.51. The van der Waals surface area contributed by atoms with Crippen molar-refractivity contribution in [2.75, 3.05) is 7.05 Å². The lowest BCUT2D eigenvalue weighted by Crippen LogP contribution is -2.42. The normalized spacial score (nSPS) is 32.3. The molecule has 1 fully saturated rings. The molecule has 0 amide bonds. The van der Waals surface area contributed by atoms with E-state index in [-0.39, 0.29) is 10.8 Å². The minimum atomic E-state index is 0.245. The van der Waals surface area contributed by atoms with Crippen LogP contribution in [0.25, 0.3) is 0 Å². The number of rotatable bonds is 2. The van der Waals surface area contributed by atoms with Crippen LogP contribution in [0.1, 0.15) is 52.9 Å². The smallest absolute Gasteiger partial charge is 0.0627 e. The molecule has 2 heteroatoms. The van der Waals surface area contributed by atoms with Crippen molar-refractivity contribution in [2.45, 2.75) is 58.9 Å². The van der Waals surface area contributed by atoms with Gasteiger partial charge in [0, 0.05) is 12.5 Å². The van der Waals surface area contributed by atoms with Crippen molar-refractivity contribution in [1.82, 2.24) is 5.32 Å². The third-order valence-electron chi connectivity index (χ3n) is 4.36. The molecule has 1 saturated carbocycles. The predicted octanol–water partition coefficient (Wildman–Crippen LogP) is 3.09. The maximum atomic E-state index is 9.00. The quantitative estimate of drug-likeness (QED) is 0.757. The summed E-state index contributed by atoms with van der Waals surface area (Å²) >= 11 is 0. The highest BCUT2D eigenvalue weighted by atomic mass is 14.9. The van der Waals surface area contributed by atoms with Gasteiger partial charge in [0.15, 0.2) is 0 Å². The molecule has 0 heterocycles. The second-order valence-electron chi connectivity index (χ2n) is 5.93. The topological polar surface area (TPSA) is 35.8 Å². The van der Waals surface area contributed by atoms with Crippen LogP contribution in [-0.2, 0) is 0 Å². The number of hydrogen-bond acceptors (Lipinski definition) is 2. The molecule has 1 aliphatic carbocycles. The first kappa shape index (κ1) is 12.5. The number of nitrogens with zero attached hydrogens (tertiary/aromatic N) is 1. The van der Waals surface area contributed by atoms with Gasteiger partial charge in [-0.2, -0.15) is 5.26 Å². The maximum Gasteiger partial charge on any atom is 0.0627 e. The lowest BCUT2D eigenvalue weighted by Gasteiger charge is -2.48. The Balaban J connectivity index is 2.75. The lowest BCUT2D eigenvalue weighted by atomic mass is 9.57. The molecule has 0 aromatic rings. The Hall–Kier alpha value is -0.550. The Morgan fingerprint density at radius 3 is 2.20 bits per heavy atom. The van der Waals surface area contributed by atoms with E-state index >= 15 is 0 Å². The summed E-state index contributed by atoms with van der Waals surface area (Å²) in [4.78, 5) is 0. The van der Waals surface area contributed by atoms with Gasteiger partial charge in [0.25, 0.3) is 0 Å². The van der Waals surface area contributed by atoms with Gasteiger partial charge in [-0.3, -0.25) is 0 Å². The van der Waals surface area contributed by atoms with Crippen molar-refractivity contribution in [2.24, 2.45) is 10.8 Å². The van der Waals surface area contributed by atoms with Gasteiger partial charge in [0.05, 0.1) is 6.07 Å². The molecule has 1 aliphatic rings. The third kappa shape index (κ3) is 2.52. The van der Waals surface area contributed by atoms with E-state index in [1.165, 1.54) is 25.7 Å². The van der Waals surface area contributed by atoms with E-state index in [4.69, 9.17) is 5.26 Å². The summed E-state index contributed by atoms with van der Waals surface area (Å²) in [5.41, 5.74) is 0.497. The first-order valence-corrected chi connectivity index (χ1v) is 5.99. The van der Waals surface area contributed by atoms with Gasteiger partial charge in [-0.15, -0.1) is 0 Å². The zero-order valence-electron chi connectivity index (χ0n) is 10.6. The highest BCUT2D eigenvalue weighted by Gasteiger charge is 2.43. The Morgan fingerprint density at radius 1 is 1.33 bits per heavy atom. The van der Waals surface area contributed by atoms with Crippen molar-refractivity contribution < 1.29 is 0 Å². The van der Waals surface area contributed by atoms with Crippen molar-refractivity contribution in [3.8, 4) is 6.07 Å². The van der Waals surface area contributed by atoms with Gasteiger partial charge in [-0.05, 0) is 43.6 Å². The fraction of sp³-hybridized carbons (Fsp3) is 0.923. The maximum absolute atomic E-state index is 9.00. The standard InChI is InChI=1S/C13H24N2/c1-12(2,3)13(9-10-14)7-5-11(15-4)6-8-13/h11,15H,5-9H2,1-4H3. The average molecular weight is 208 g/mol. The highest BCUT2D eigenvalue weighted by molar-refractivity contribution is 4.99. The molecule has 0 aromatic carbocycles. The Kier molecular flexibility index (Phi) is 3.78. The van der Waals surface area contributed by atoms with Crippen LogP contribution in [0.4, 0.5) is 0 Å². The van der Waals surface area contributed by atoms with Crippen LogP contribution in [0.3, 0.4) is 0 Å². The minimum absolute atomic E-state index is 0.245. The number of nitriles is 1. The largest absolute Gasteiger partial charge is 0.317 e. The molecule has 0 saturated heterocycles. The average Bonchev–Trinajstić information content (AvgIpc) is 2.18. The van der Waals surface area contributed by atoms with E-state index in [1.807, 2.05) is 7.05 Å². The first-order chi connectivity index (χ1) is 6.95. The van der Waals surface area contributed by atoms with E-state index in [0.717, 1.165) is 0 Å². The molecular weight excluding hydrogens is 184 g/mol. The van der Waals surface area contributed by atoms with Crippen LogP contribution in [0.15, 0.2) is 0 Å². The number of nitrogens with one attached hydrogen (secondary N) is 1. The van der Waals surface area contributed by atoms with E-state index in [2.05, 4.69) is 32.2 Å². The predicted molar refractivity (Wildman–Crippen MR) is 63.4 cm³/mol. The van der Waals surface area contributed by atoms with Crippen molar-refractivity contribution in [1.29, 1.82) is 5.26 Å². The van der Waals surface area contributed by atoms with E-state index in [1.54, 1.807) is 0 Å². The zero-order chi connectivity index (χ0) is 11.5. The van der Waals surface area contributed by atoms with Crippen LogP contribution in [-0.4, -0.2) is 13.1 Å². The molecule has 0 bridgehead atoms. The SMILES string of the molecule is CNC1CCC(CC#N)(C(C)(C)C)CC1. The second-order valence-corrected chi connectivity index (χ2v) is 5.93.